The van der Waals surface area contributed by atoms with Gasteiger partial charge in [0.1, 0.15) is 10.6 Å². The smallest absolute Gasteiger partial charge is 0.235 e. The van der Waals surface area contributed by atoms with Crippen LogP contribution in [-0.2, 0) is 6.42 Å². The average molecular weight is 388 g/mol. The zero-order chi connectivity index (χ0) is 19.0. The summed E-state index contributed by atoms with van der Waals surface area (Å²) in [7, 11) is 1.69. The summed E-state index contributed by atoms with van der Waals surface area (Å²) in [6, 6.07) is 8.26. The molecule has 1 saturated heterocycles. The molecule has 144 valence electrons. The summed E-state index contributed by atoms with van der Waals surface area (Å²) >= 11 is 1.55. The molecule has 7 heteroatoms. The van der Waals surface area contributed by atoms with Gasteiger partial charge in [0.2, 0.25) is 10.8 Å². The van der Waals surface area contributed by atoms with Gasteiger partial charge in [0.25, 0.3) is 0 Å². The van der Waals surface area contributed by atoms with Crippen LogP contribution in [0.3, 0.4) is 0 Å². The van der Waals surface area contributed by atoms with E-state index in [0.29, 0.717) is 5.92 Å². The van der Waals surface area contributed by atoms with E-state index in [1.54, 1.807) is 23.0 Å². The van der Waals surface area contributed by atoms with Crippen LogP contribution in [0.4, 0.5) is 0 Å². The van der Waals surface area contributed by atoms with E-state index in [9.17, 15) is 5.11 Å². The first-order valence-electron chi connectivity index (χ1n) is 9.66. The van der Waals surface area contributed by atoms with Gasteiger partial charge in [0.15, 0.2) is 11.9 Å². The molecule has 2 N–H and O–H groups in total. The summed E-state index contributed by atoms with van der Waals surface area (Å²) in [5, 5.41) is 15.4. The van der Waals surface area contributed by atoms with E-state index in [1.807, 2.05) is 19.1 Å². The standard InChI is InChI=1S/C20H26N4O2S/c1-4-16-21-20-24(22-16)19(25)18(27-20)17(23-10-6-7-13(2)12-23)14-8-5-9-15(11-14)26-3/h5,8-9,11,13,17,25H,4,6-7,10,12H2,1-3H3/p+1/t13-,17+/m0/s1. The van der Waals surface area contributed by atoms with Crippen molar-refractivity contribution >= 4 is 16.3 Å². The Morgan fingerprint density at radius 2 is 2.30 bits per heavy atom. The molecule has 0 aliphatic carbocycles. The minimum Gasteiger partial charge on any atom is -0.497 e. The van der Waals surface area contributed by atoms with Crippen molar-refractivity contribution in [1.82, 2.24) is 14.6 Å². The number of thiazole rings is 1. The van der Waals surface area contributed by atoms with Gasteiger partial charge < -0.3 is 14.7 Å². The lowest BCUT2D eigenvalue weighted by atomic mass is 9.95. The highest BCUT2D eigenvalue weighted by atomic mass is 32.1. The number of ether oxygens (including phenoxy) is 1. The average Bonchev–Trinajstić information content (AvgIpc) is 3.22. The summed E-state index contributed by atoms with van der Waals surface area (Å²) in [4.78, 5) is 7.74. The van der Waals surface area contributed by atoms with Gasteiger partial charge in [0, 0.05) is 17.9 Å². The third-order valence-corrected chi connectivity index (χ3v) is 6.55. The van der Waals surface area contributed by atoms with E-state index in [0.717, 1.165) is 46.5 Å². The number of hydrogen-bond donors (Lipinski definition) is 2. The lowest BCUT2D eigenvalue weighted by molar-refractivity contribution is -0.933. The lowest BCUT2D eigenvalue weighted by Crippen LogP contribution is -3.13. The minimum absolute atomic E-state index is 0.0569. The Balaban J connectivity index is 1.81. The summed E-state index contributed by atoms with van der Waals surface area (Å²) in [6.45, 7) is 6.53. The summed E-state index contributed by atoms with van der Waals surface area (Å²) in [6.07, 6.45) is 3.24. The molecule has 3 aromatic rings. The first kappa shape index (κ1) is 18.3. The van der Waals surface area contributed by atoms with Crippen molar-refractivity contribution in [3.05, 3.63) is 40.5 Å². The molecule has 1 unspecified atom stereocenters. The van der Waals surface area contributed by atoms with Crippen LogP contribution in [0.25, 0.3) is 4.96 Å². The summed E-state index contributed by atoms with van der Waals surface area (Å²) in [5.74, 6) is 2.51. The second kappa shape index (κ2) is 7.48. The predicted octanol–water partition coefficient (Wildman–Crippen LogP) is 2.47. The van der Waals surface area contributed by atoms with E-state index >= 15 is 0 Å². The van der Waals surface area contributed by atoms with Crippen molar-refractivity contribution in [3.63, 3.8) is 0 Å². The lowest BCUT2D eigenvalue weighted by Gasteiger charge is -2.34. The zero-order valence-electron chi connectivity index (χ0n) is 16.1. The Bertz CT molecular complexity index is 935. The number of aromatic hydroxyl groups is 1. The third kappa shape index (κ3) is 3.41. The first-order valence-corrected chi connectivity index (χ1v) is 10.5. The highest BCUT2D eigenvalue weighted by molar-refractivity contribution is 7.17. The van der Waals surface area contributed by atoms with Crippen molar-refractivity contribution < 1.29 is 14.7 Å². The van der Waals surface area contributed by atoms with E-state index in [4.69, 9.17) is 4.74 Å². The van der Waals surface area contributed by atoms with E-state index in [1.165, 1.54) is 17.7 Å². The summed E-state index contributed by atoms with van der Waals surface area (Å²) in [5.41, 5.74) is 1.16. The molecule has 1 aromatic carbocycles. The number of benzene rings is 1. The predicted molar refractivity (Wildman–Crippen MR) is 106 cm³/mol. The molecule has 0 saturated carbocycles. The second-order valence-electron chi connectivity index (χ2n) is 7.44. The Kier molecular flexibility index (Phi) is 5.06. The number of quaternary nitrogens is 1. The molecule has 0 amide bonds. The number of nitrogens with zero attached hydrogens (tertiary/aromatic N) is 3. The van der Waals surface area contributed by atoms with Crippen LogP contribution in [0.1, 0.15) is 49.0 Å². The number of aromatic nitrogens is 3. The molecule has 0 spiro atoms. The number of methoxy groups -OCH3 is 1. The Labute approximate surface area is 163 Å². The van der Waals surface area contributed by atoms with E-state index < -0.39 is 0 Å². The molecule has 1 fully saturated rings. The largest absolute Gasteiger partial charge is 0.497 e. The van der Waals surface area contributed by atoms with Crippen LogP contribution >= 0.6 is 11.3 Å². The maximum atomic E-state index is 11.0. The molecule has 0 bridgehead atoms. The first-order chi connectivity index (χ1) is 13.1. The molecule has 0 radical (unpaired) electrons. The SMILES string of the molecule is CCc1nc2sc([C@@H](c3cccc(OC)c3)[NH+]3CCC[C@H](C)C3)c(O)n2n1. The number of rotatable bonds is 5. The van der Waals surface area contributed by atoms with Gasteiger partial charge in [-0.15, -0.1) is 5.10 Å². The number of fused-ring (bicyclic) bond motifs is 1. The van der Waals surface area contributed by atoms with Crippen molar-refractivity contribution in [3.8, 4) is 11.6 Å². The minimum atomic E-state index is 0.0569. The maximum Gasteiger partial charge on any atom is 0.235 e. The van der Waals surface area contributed by atoms with Gasteiger partial charge in [-0.05, 0) is 25.0 Å². The molecular formula is C20H27N4O2S+. The molecule has 2 aromatic heterocycles. The number of hydrogen-bond acceptors (Lipinski definition) is 5. The molecule has 6 nitrogen and oxygen atoms in total. The molecule has 4 rings (SSSR count). The van der Waals surface area contributed by atoms with Crippen LogP contribution in [0.2, 0.25) is 0 Å². The van der Waals surface area contributed by atoms with Crippen molar-refractivity contribution in [1.29, 1.82) is 0 Å². The Morgan fingerprint density at radius 3 is 3.00 bits per heavy atom. The molecule has 27 heavy (non-hydrogen) atoms. The molecule has 1 aliphatic heterocycles. The summed E-state index contributed by atoms with van der Waals surface area (Å²) < 4.78 is 7.05. The van der Waals surface area contributed by atoms with Gasteiger partial charge in [-0.3, -0.25) is 0 Å². The van der Waals surface area contributed by atoms with Crippen LogP contribution in [0.15, 0.2) is 24.3 Å². The van der Waals surface area contributed by atoms with E-state index in [-0.39, 0.29) is 11.9 Å². The fourth-order valence-corrected chi connectivity index (χ4v) is 5.27. The second-order valence-corrected chi connectivity index (χ2v) is 8.44. The fraction of sp³-hybridized carbons (Fsp3) is 0.500. The number of likely N-dealkylation sites (tertiary alicyclic amines) is 1. The zero-order valence-corrected chi connectivity index (χ0v) is 16.9. The van der Waals surface area contributed by atoms with Gasteiger partial charge >= 0.3 is 0 Å². The van der Waals surface area contributed by atoms with Crippen LogP contribution < -0.4 is 9.64 Å². The number of piperidine rings is 1. The number of nitrogens with one attached hydrogen (secondary N) is 1. The Morgan fingerprint density at radius 1 is 1.44 bits per heavy atom. The topological polar surface area (TPSA) is 64.1 Å². The van der Waals surface area contributed by atoms with Crippen molar-refractivity contribution in [2.24, 2.45) is 5.92 Å². The monoisotopic (exact) mass is 387 g/mol. The van der Waals surface area contributed by atoms with E-state index in [2.05, 4.69) is 29.1 Å². The van der Waals surface area contributed by atoms with Gasteiger partial charge in [-0.2, -0.15) is 4.52 Å². The maximum absolute atomic E-state index is 11.0. The van der Waals surface area contributed by atoms with Gasteiger partial charge in [0.05, 0.1) is 20.2 Å². The van der Waals surface area contributed by atoms with Crippen molar-refractivity contribution in [2.45, 2.75) is 39.2 Å². The third-order valence-electron chi connectivity index (χ3n) is 5.46. The molecule has 3 atom stereocenters. The highest BCUT2D eigenvalue weighted by Crippen LogP contribution is 2.36. The van der Waals surface area contributed by atoms with Crippen molar-refractivity contribution in [2.75, 3.05) is 20.2 Å². The quantitative estimate of drug-likeness (QED) is 0.706. The molecular weight excluding hydrogens is 360 g/mol. The Hall–Kier alpha value is -2.12. The molecule has 3 heterocycles. The molecule has 1 aliphatic rings. The highest BCUT2D eigenvalue weighted by Gasteiger charge is 2.35. The normalized spacial score (nSPS) is 21.4. The number of aryl methyl sites for hydroxylation is 1. The van der Waals surface area contributed by atoms with Gasteiger partial charge in [-0.1, -0.05) is 37.3 Å². The van der Waals surface area contributed by atoms with Crippen LogP contribution in [0, 0.1) is 5.92 Å². The van der Waals surface area contributed by atoms with Crippen LogP contribution in [-0.4, -0.2) is 39.9 Å². The van der Waals surface area contributed by atoms with Crippen LogP contribution in [0.5, 0.6) is 11.6 Å². The fourth-order valence-electron chi connectivity index (χ4n) is 4.11. The van der Waals surface area contributed by atoms with Gasteiger partial charge in [-0.25, -0.2) is 4.98 Å².